The predicted octanol–water partition coefficient (Wildman–Crippen LogP) is 3.50. The van der Waals surface area contributed by atoms with E-state index in [4.69, 9.17) is 23.2 Å². The van der Waals surface area contributed by atoms with Crippen molar-refractivity contribution in [3.05, 3.63) is 52.1 Å². The Kier molecular flexibility index (Phi) is 3.99. The van der Waals surface area contributed by atoms with Crippen LogP contribution in [0.15, 0.2) is 41.4 Å². The maximum Gasteiger partial charge on any atom is 0.263 e. The molecule has 7 heteroatoms. The molecular weight excluding hydrogens is 307 g/mol. The molecular formula is C12H10Cl2N2O2S. The molecule has 0 radical (unpaired) electrons. The summed E-state index contributed by atoms with van der Waals surface area (Å²) < 4.78 is 26.5. The van der Waals surface area contributed by atoms with Gasteiger partial charge in [0.05, 0.1) is 14.9 Å². The van der Waals surface area contributed by atoms with Crippen LogP contribution < -0.4 is 4.72 Å². The fraction of sp³-hybridized carbons (Fsp3) is 0.0833. The van der Waals surface area contributed by atoms with Gasteiger partial charge in [0.15, 0.2) is 5.82 Å². The fourth-order valence-corrected chi connectivity index (χ4v) is 2.91. The van der Waals surface area contributed by atoms with Gasteiger partial charge in [-0.15, -0.1) is 0 Å². The Balaban J connectivity index is 2.33. The predicted molar refractivity (Wildman–Crippen MR) is 76.2 cm³/mol. The standard InChI is InChI=1S/C12H10Cl2N2O2S/c1-8-2-4-10(5-3-8)19(17,18)16-12-11(14)6-9(13)7-15-12/h2-7H,1H3,(H,15,16). The molecule has 1 aromatic heterocycles. The smallest absolute Gasteiger partial charge is 0.262 e. The van der Waals surface area contributed by atoms with Gasteiger partial charge in [-0.25, -0.2) is 13.4 Å². The largest absolute Gasteiger partial charge is 0.263 e. The van der Waals surface area contributed by atoms with Gasteiger partial charge in [-0.1, -0.05) is 40.9 Å². The van der Waals surface area contributed by atoms with E-state index in [2.05, 4.69) is 9.71 Å². The number of sulfonamides is 1. The first-order valence-corrected chi connectivity index (χ1v) is 7.53. The summed E-state index contributed by atoms with van der Waals surface area (Å²) in [6.07, 6.45) is 1.32. The summed E-state index contributed by atoms with van der Waals surface area (Å²) in [7, 11) is -3.71. The highest BCUT2D eigenvalue weighted by Crippen LogP contribution is 2.25. The van der Waals surface area contributed by atoms with Gasteiger partial charge in [-0.05, 0) is 25.1 Å². The van der Waals surface area contributed by atoms with Gasteiger partial charge < -0.3 is 0 Å². The normalized spacial score (nSPS) is 11.3. The lowest BCUT2D eigenvalue weighted by Crippen LogP contribution is -2.14. The third-order valence-corrected chi connectivity index (χ3v) is 4.22. The third-order valence-electron chi connectivity index (χ3n) is 2.37. The Morgan fingerprint density at radius 1 is 1.16 bits per heavy atom. The van der Waals surface area contributed by atoms with Gasteiger partial charge in [-0.3, -0.25) is 4.72 Å². The van der Waals surface area contributed by atoms with Gasteiger partial charge >= 0.3 is 0 Å². The van der Waals surface area contributed by atoms with Crippen LogP contribution in [0.5, 0.6) is 0 Å². The number of hydrogen-bond acceptors (Lipinski definition) is 3. The quantitative estimate of drug-likeness (QED) is 0.942. The van der Waals surface area contributed by atoms with Gasteiger partial charge in [0, 0.05) is 6.20 Å². The highest BCUT2D eigenvalue weighted by molar-refractivity contribution is 7.92. The Hall–Kier alpha value is -1.30. The van der Waals surface area contributed by atoms with Crippen LogP contribution in [0.3, 0.4) is 0 Å². The molecule has 0 atom stereocenters. The van der Waals surface area contributed by atoms with E-state index in [0.717, 1.165) is 5.56 Å². The van der Waals surface area contributed by atoms with Crippen molar-refractivity contribution in [3.8, 4) is 0 Å². The Labute approximate surface area is 121 Å². The zero-order chi connectivity index (χ0) is 14.0. The molecule has 100 valence electrons. The first-order chi connectivity index (χ1) is 8.88. The van der Waals surface area contributed by atoms with E-state index in [-0.39, 0.29) is 15.7 Å². The molecule has 0 saturated heterocycles. The Bertz CT molecular complexity index is 700. The molecule has 0 aliphatic carbocycles. The first kappa shape index (κ1) is 14.1. The summed E-state index contributed by atoms with van der Waals surface area (Å²) in [5, 5.41) is 0.478. The Morgan fingerprint density at radius 3 is 2.37 bits per heavy atom. The summed E-state index contributed by atoms with van der Waals surface area (Å²) in [5.41, 5.74) is 0.974. The molecule has 0 bridgehead atoms. The average Bonchev–Trinajstić information content (AvgIpc) is 2.33. The molecule has 1 N–H and O–H groups in total. The minimum Gasteiger partial charge on any atom is -0.262 e. The lowest BCUT2D eigenvalue weighted by atomic mass is 10.2. The van der Waals surface area contributed by atoms with Crippen molar-refractivity contribution in [2.24, 2.45) is 0 Å². The number of aryl methyl sites for hydroxylation is 1. The SMILES string of the molecule is Cc1ccc(S(=O)(=O)Nc2ncc(Cl)cc2Cl)cc1. The molecule has 0 amide bonds. The molecule has 0 saturated carbocycles. The van der Waals surface area contributed by atoms with E-state index in [1.165, 1.54) is 24.4 Å². The van der Waals surface area contributed by atoms with E-state index in [0.29, 0.717) is 5.02 Å². The number of pyridine rings is 1. The van der Waals surface area contributed by atoms with Crippen molar-refractivity contribution in [1.82, 2.24) is 4.98 Å². The third kappa shape index (κ3) is 3.37. The molecule has 0 fully saturated rings. The van der Waals surface area contributed by atoms with Crippen molar-refractivity contribution in [2.45, 2.75) is 11.8 Å². The minimum atomic E-state index is -3.71. The highest BCUT2D eigenvalue weighted by Gasteiger charge is 2.16. The maximum absolute atomic E-state index is 12.1. The summed E-state index contributed by atoms with van der Waals surface area (Å²) >= 11 is 11.6. The van der Waals surface area contributed by atoms with Crippen LogP contribution in [0.1, 0.15) is 5.56 Å². The molecule has 2 rings (SSSR count). The summed E-state index contributed by atoms with van der Waals surface area (Å²) in [4.78, 5) is 4.00. The van der Waals surface area contributed by atoms with Crippen LogP contribution >= 0.6 is 23.2 Å². The van der Waals surface area contributed by atoms with E-state index >= 15 is 0 Å². The van der Waals surface area contributed by atoms with Gasteiger partial charge in [0.2, 0.25) is 0 Å². The summed E-state index contributed by atoms with van der Waals surface area (Å²) in [6, 6.07) is 7.88. The maximum atomic E-state index is 12.1. The van der Waals surface area contributed by atoms with Gasteiger partial charge in [0.25, 0.3) is 10.0 Å². The van der Waals surface area contributed by atoms with Crippen LogP contribution in [0.4, 0.5) is 5.82 Å². The number of aromatic nitrogens is 1. The zero-order valence-corrected chi connectivity index (χ0v) is 12.2. The summed E-state index contributed by atoms with van der Waals surface area (Å²) in [5.74, 6) is 0.0478. The van der Waals surface area contributed by atoms with E-state index < -0.39 is 10.0 Å². The van der Waals surface area contributed by atoms with Crippen molar-refractivity contribution in [3.63, 3.8) is 0 Å². The van der Waals surface area contributed by atoms with Crippen LogP contribution in [-0.4, -0.2) is 13.4 Å². The number of benzene rings is 1. The number of anilines is 1. The van der Waals surface area contributed by atoms with E-state index in [1.54, 1.807) is 12.1 Å². The second-order valence-corrected chi connectivity index (χ2v) is 6.43. The molecule has 1 aromatic carbocycles. The van der Waals surface area contributed by atoms with E-state index in [1.807, 2.05) is 6.92 Å². The lowest BCUT2D eigenvalue weighted by Gasteiger charge is -2.09. The molecule has 0 aliphatic rings. The van der Waals surface area contributed by atoms with Crippen molar-refractivity contribution >= 4 is 39.0 Å². The number of hydrogen-bond donors (Lipinski definition) is 1. The zero-order valence-electron chi connectivity index (χ0n) is 9.89. The molecule has 1 heterocycles. The number of nitrogens with one attached hydrogen (secondary N) is 1. The van der Waals surface area contributed by atoms with Gasteiger partial charge in [-0.2, -0.15) is 0 Å². The molecule has 19 heavy (non-hydrogen) atoms. The monoisotopic (exact) mass is 316 g/mol. The minimum absolute atomic E-state index is 0.0478. The number of rotatable bonds is 3. The Morgan fingerprint density at radius 2 is 1.79 bits per heavy atom. The van der Waals surface area contributed by atoms with Crippen molar-refractivity contribution < 1.29 is 8.42 Å². The fourth-order valence-electron chi connectivity index (χ4n) is 1.39. The number of nitrogens with zero attached hydrogens (tertiary/aromatic N) is 1. The topological polar surface area (TPSA) is 59.1 Å². The second-order valence-electron chi connectivity index (χ2n) is 3.90. The van der Waals surface area contributed by atoms with Crippen LogP contribution in [0, 0.1) is 6.92 Å². The van der Waals surface area contributed by atoms with Crippen LogP contribution in [-0.2, 0) is 10.0 Å². The number of halogens is 2. The summed E-state index contributed by atoms with van der Waals surface area (Å²) in [6.45, 7) is 1.88. The molecule has 0 spiro atoms. The molecule has 0 unspecified atom stereocenters. The van der Waals surface area contributed by atoms with Crippen LogP contribution in [0.25, 0.3) is 0 Å². The molecule has 0 aliphatic heterocycles. The first-order valence-electron chi connectivity index (χ1n) is 5.29. The van der Waals surface area contributed by atoms with Crippen LogP contribution in [0.2, 0.25) is 10.0 Å². The average molecular weight is 317 g/mol. The van der Waals surface area contributed by atoms with E-state index in [9.17, 15) is 8.42 Å². The lowest BCUT2D eigenvalue weighted by molar-refractivity contribution is 0.601. The molecule has 2 aromatic rings. The second kappa shape index (κ2) is 5.36. The highest BCUT2D eigenvalue weighted by atomic mass is 35.5. The van der Waals surface area contributed by atoms with Crippen molar-refractivity contribution in [2.75, 3.05) is 4.72 Å². The van der Waals surface area contributed by atoms with Gasteiger partial charge in [0.1, 0.15) is 0 Å². The van der Waals surface area contributed by atoms with Crippen molar-refractivity contribution in [1.29, 1.82) is 0 Å². The molecule has 4 nitrogen and oxygen atoms in total.